The summed E-state index contributed by atoms with van der Waals surface area (Å²) in [6.45, 7) is 0. The molecule has 1 rings (SSSR count). The summed E-state index contributed by atoms with van der Waals surface area (Å²) in [4.78, 5) is 0. The summed E-state index contributed by atoms with van der Waals surface area (Å²) >= 11 is 3.09. The summed E-state index contributed by atoms with van der Waals surface area (Å²) < 4.78 is 20.8. The Labute approximate surface area is 57.3 Å². The van der Waals surface area contributed by atoms with Crippen molar-refractivity contribution in [1.82, 2.24) is 0 Å². The summed E-state index contributed by atoms with van der Waals surface area (Å²) in [5, 5.41) is 1.76. The Bertz CT molecular complexity index is 160. The van der Waals surface area contributed by atoms with Gasteiger partial charge >= 0.3 is 0 Å². The van der Waals surface area contributed by atoms with Crippen molar-refractivity contribution >= 4 is 25.8 Å². The largest absolute Gasteiger partial charge is 0.229 e. The zero-order chi connectivity index (χ0) is 6.20. The number of halogens is 1. The first kappa shape index (κ1) is 6.55. The van der Waals surface area contributed by atoms with Crippen LogP contribution in [0.25, 0.3) is 0 Å². The number of hydrogen-bond donors (Lipinski definition) is 0. The maximum Gasteiger partial charge on any atom is 0.151 e. The summed E-state index contributed by atoms with van der Waals surface area (Å²) in [6.07, 6.45) is 0. The molecule has 2 nitrogen and oxygen atoms in total. The Morgan fingerprint density at radius 2 is 2.00 bits per heavy atom. The summed E-state index contributed by atoms with van der Waals surface area (Å²) in [5.74, 6) is 0.927. The van der Waals surface area contributed by atoms with Crippen molar-refractivity contribution in [2.75, 3.05) is 11.5 Å². The van der Waals surface area contributed by atoms with Crippen molar-refractivity contribution in [3.8, 4) is 0 Å². The van der Waals surface area contributed by atoms with E-state index in [1.807, 2.05) is 0 Å². The second-order valence-electron chi connectivity index (χ2n) is 1.96. The van der Waals surface area contributed by atoms with Gasteiger partial charge in [0.2, 0.25) is 0 Å². The van der Waals surface area contributed by atoms with Crippen molar-refractivity contribution in [3.05, 3.63) is 5.33 Å². The maximum atomic E-state index is 10.4. The monoisotopic (exact) mass is 197 g/mol. The molecule has 47 valence electrons. The van der Waals surface area contributed by atoms with E-state index in [-0.39, 0.29) is 5.92 Å². The van der Waals surface area contributed by atoms with Gasteiger partial charge in [-0.3, -0.25) is 0 Å². The van der Waals surface area contributed by atoms with E-state index < -0.39 is 9.84 Å². The van der Waals surface area contributed by atoms with E-state index in [1.54, 1.807) is 5.33 Å². The van der Waals surface area contributed by atoms with Gasteiger partial charge in [0.1, 0.15) is 0 Å². The molecule has 8 heavy (non-hydrogen) atoms. The zero-order valence-corrected chi connectivity index (χ0v) is 6.57. The molecule has 1 fully saturated rings. The number of sulfone groups is 1. The summed E-state index contributed by atoms with van der Waals surface area (Å²) in [5.41, 5.74) is 0. The normalized spacial score (nSPS) is 27.1. The highest BCUT2D eigenvalue weighted by Gasteiger charge is 2.32. The van der Waals surface area contributed by atoms with E-state index in [0.717, 1.165) is 0 Å². The number of rotatable bonds is 1. The molecule has 0 bridgehead atoms. The second-order valence-corrected chi connectivity index (χ2v) is 4.65. The molecule has 0 amide bonds. The van der Waals surface area contributed by atoms with Gasteiger partial charge in [-0.1, -0.05) is 15.9 Å². The maximum absolute atomic E-state index is 10.4. The predicted molar refractivity (Wildman–Crippen MR) is 35.4 cm³/mol. The van der Waals surface area contributed by atoms with Crippen molar-refractivity contribution in [3.63, 3.8) is 0 Å². The van der Waals surface area contributed by atoms with Crippen LogP contribution < -0.4 is 0 Å². The smallest absolute Gasteiger partial charge is 0.151 e. The highest BCUT2D eigenvalue weighted by atomic mass is 79.9. The lowest BCUT2D eigenvalue weighted by Crippen LogP contribution is -2.35. The first-order valence-corrected chi connectivity index (χ1v) is 5.02. The van der Waals surface area contributed by atoms with Crippen LogP contribution in [0.5, 0.6) is 0 Å². The third-order valence-electron chi connectivity index (χ3n) is 1.11. The lowest BCUT2D eigenvalue weighted by atomic mass is 10.2. The van der Waals surface area contributed by atoms with Gasteiger partial charge in [-0.25, -0.2) is 8.42 Å². The van der Waals surface area contributed by atoms with E-state index in [1.165, 1.54) is 0 Å². The first-order chi connectivity index (χ1) is 3.64. The van der Waals surface area contributed by atoms with Crippen molar-refractivity contribution in [1.29, 1.82) is 0 Å². The fraction of sp³-hybridized carbons (Fsp3) is 0.750. The molecule has 0 unspecified atom stereocenters. The van der Waals surface area contributed by atoms with Gasteiger partial charge in [0.15, 0.2) is 9.84 Å². The lowest BCUT2D eigenvalue weighted by molar-refractivity contribution is 0.556. The molecule has 4 heteroatoms. The highest BCUT2D eigenvalue weighted by Crippen LogP contribution is 2.22. The van der Waals surface area contributed by atoms with E-state index in [2.05, 4.69) is 15.9 Å². The number of hydrogen-bond acceptors (Lipinski definition) is 2. The van der Waals surface area contributed by atoms with Gasteiger partial charge in [0, 0.05) is 11.2 Å². The SMILES string of the molecule is O=S1(=O)CC([CH]Br)C1. The minimum atomic E-state index is -2.60. The summed E-state index contributed by atoms with van der Waals surface area (Å²) in [7, 11) is -2.60. The average molecular weight is 198 g/mol. The van der Waals surface area contributed by atoms with E-state index in [0.29, 0.717) is 11.5 Å². The van der Waals surface area contributed by atoms with Crippen LogP contribution in [-0.2, 0) is 9.84 Å². The molecule has 0 aromatic heterocycles. The molecule has 1 aliphatic rings. The third kappa shape index (κ3) is 1.23. The third-order valence-corrected chi connectivity index (χ3v) is 3.73. The van der Waals surface area contributed by atoms with Gasteiger partial charge in [-0.15, -0.1) is 0 Å². The molecule has 0 aromatic carbocycles. The molecular weight excluding hydrogens is 192 g/mol. The van der Waals surface area contributed by atoms with Crippen LogP contribution in [0.4, 0.5) is 0 Å². The molecule has 0 spiro atoms. The molecule has 0 N–H and O–H groups in total. The Hall–Kier alpha value is 0.430. The standard InChI is InChI=1S/C4H6BrO2S/c5-1-4-2-8(6,7)3-4/h1,4H,2-3H2. The first-order valence-electron chi connectivity index (χ1n) is 2.28. The van der Waals surface area contributed by atoms with Crippen LogP contribution in [-0.4, -0.2) is 19.9 Å². The van der Waals surface area contributed by atoms with E-state index in [4.69, 9.17) is 0 Å². The van der Waals surface area contributed by atoms with Crippen molar-refractivity contribution in [2.45, 2.75) is 0 Å². The molecule has 0 atom stereocenters. The minimum absolute atomic E-state index is 0.264. The molecule has 1 heterocycles. The van der Waals surface area contributed by atoms with E-state index >= 15 is 0 Å². The van der Waals surface area contributed by atoms with Crippen LogP contribution in [0.3, 0.4) is 0 Å². The lowest BCUT2D eigenvalue weighted by Gasteiger charge is -2.22. The minimum Gasteiger partial charge on any atom is -0.229 e. The van der Waals surface area contributed by atoms with Gasteiger partial charge in [-0.2, -0.15) is 0 Å². The van der Waals surface area contributed by atoms with Crippen LogP contribution >= 0.6 is 15.9 Å². The molecule has 0 aliphatic carbocycles. The molecule has 1 radical (unpaired) electrons. The van der Waals surface area contributed by atoms with Gasteiger partial charge < -0.3 is 0 Å². The predicted octanol–water partition coefficient (Wildman–Crippen LogP) is 0.588. The fourth-order valence-corrected chi connectivity index (χ4v) is 2.94. The average Bonchev–Trinajstić information content (AvgIpc) is 1.60. The molecule has 1 aliphatic heterocycles. The van der Waals surface area contributed by atoms with Gasteiger partial charge in [-0.05, 0) is 0 Å². The molecule has 0 saturated carbocycles. The van der Waals surface area contributed by atoms with E-state index in [9.17, 15) is 8.42 Å². The Kier molecular flexibility index (Phi) is 1.63. The topological polar surface area (TPSA) is 34.1 Å². The molecule has 0 aromatic rings. The van der Waals surface area contributed by atoms with Crippen LogP contribution in [0.15, 0.2) is 0 Å². The fourth-order valence-electron chi connectivity index (χ4n) is 0.676. The zero-order valence-electron chi connectivity index (χ0n) is 4.17. The Balaban J connectivity index is 2.43. The van der Waals surface area contributed by atoms with Gasteiger partial charge in [0.05, 0.1) is 11.5 Å². The Morgan fingerprint density at radius 3 is 2.12 bits per heavy atom. The van der Waals surface area contributed by atoms with Crippen molar-refractivity contribution < 1.29 is 8.42 Å². The molecular formula is C4H6BrO2S. The summed E-state index contributed by atoms with van der Waals surface area (Å²) in [6, 6.07) is 0. The van der Waals surface area contributed by atoms with Crippen LogP contribution in [0.2, 0.25) is 0 Å². The van der Waals surface area contributed by atoms with Crippen LogP contribution in [0.1, 0.15) is 0 Å². The Morgan fingerprint density at radius 1 is 1.50 bits per heavy atom. The van der Waals surface area contributed by atoms with Crippen LogP contribution in [0, 0.1) is 11.2 Å². The van der Waals surface area contributed by atoms with Gasteiger partial charge in [0.25, 0.3) is 0 Å². The highest BCUT2D eigenvalue weighted by molar-refractivity contribution is 9.10. The van der Waals surface area contributed by atoms with Crippen molar-refractivity contribution in [2.24, 2.45) is 5.92 Å². The quantitative estimate of drug-likeness (QED) is 0.617. The second kappa shape index (κ2) is 1.99. The molecule has 1 saturated heterocycles.